The predicted molar refractivity (Wildman–Crippen MR) is 28.1 cm³/mol. The van der Waals surface area contributed by atoms with Gasteiger partial charge in [0, 0.05) is 6.54 Å². The lowest BCUT2D eigenvalue weighted by molar-refractivity contribution is 0.139. The van der Waals surface area contributed by atoms with Crippen LogP contribution in [0.25, 0.3) is 0 Å². The molecule has 0 saturated carbocycles. The summed E-state index contributed by atoms with van der Waals surface area (Å²) < 4.78 is 0. The molecule has 0 amide bonds. The first-order valence-corrected chi connectivity index (χ1v) is 2.76. The van der Waals surface area contributed by atoms with Crippen LogP contribution in [0.1, 0.15) is 6.42 Å². The molecule has 0 aromatic rings. The quantitative estimate of drug-likeness (QED) is 0.515. The van der Waals surface area contributed by atoms with Crippen LogP contribution in [0.3, 0.4) is 0 Å². The van der Waals surface area contributed by atoms with E-state index >= 15 is 0 Å². The number of aliphatic hydroxyl groups is 1. The van der Waals surface area contributed by atoms with Gasteiger partial charge in [0.25, 0.3) is 0 Å². The topological polar surface area (TPSA) is 23.5 Å². The van der Waals surface area contributed by atoms with Crippen LogP contribution in [-0.2, 0) is 0 Å². The Kier molecular flexibility index (Phi) is 1.65. The minimum absolute atomic E-state index is 0.319. The van der Waals surface area contributed by atoms with Crippen LogP contribution in [0.2, 0.25) is 0 Å². The van der Waals surface area contributed by atoms with Gasteiger partial charge in [-0.25, -0.2) is 0 Å². The molecule has 1 heterocycles. The second-order valence-corrected chi connectivity index (χ2v) is 1.92. The summed E-state index contributed by atoms with van der Waals surface area (Å²) in [6, 6.07) is 0. The Balaban J connectivity index is 1.93. The Hall–Kier alpha value is -0.0800. The molecule has 0 atom stereocenters. The summed E-state index contributed by atoms with van der Waals surface area (Å²) in [5.74, 6) is 0. The fraction of sp³-hybridized carbons (Fsp3) is 1.00. The fourth-order valence-electron chi connectivity index (χ4n) is 0.747. The molecule has 2 heteroatoms. The van der Waals surface area contributed by atoms with Crippen molar-refractivity contribution in [1.82, 2.24) is 4.90 Å². The van der Waals surface area contributed by atoms with E-state index in [0.29, 0.717) is 6.61 Å². The summed E-state index contributed by atoms with van der Waals surface area (Å²) >= 11 is 0. The molecule has 0 aromatic carbocycles. The van der Waals surface area contributed by atoms with Crippen molar-refractivity contribution in [3.63, 3.8) is 0 Å². The largest absolute Gasteiger partial charge is 0.395 e. The fourth-order valence-corrected chi connectivity index (χ4v) is 0.747. The van der Waals surface area contributed by atoms with E-state index in [4.69, 9.17) is 5.11 Å². The average Bonchev–Trinajstić information content (AvgIpc) is 1.55. The van der Waals surface area contributed by atoms with E-state index < -0.39 is 0 Å². The Morgan fingerprint density at radius 3 is 2.29 bits per heavy atom. The van der Waals surface area contributed by atoms with Crippen molar-refractivity contribution in [2.24, 2.45) is 0 Å². The van der Waals surface area contributed by atoms with Crippen LogP contribution in [0.4, 0.5) is 0 Å². The standard InChI is InChI=1S/C5H11NO/c7-5-4-6-2-1-3-6/h7H,1-5H2. The number of nitrogens with zero attached hydrogens (tertiary/aromatic N) is 1. The third kappa shape index (κ3) is 1.14. The Morgan fingerprint density at radius 1 is 1.43 bits per heavy atom. The SMILES string of the molecule is OCCN1CCC1. The van der Waals surface area contributed by atoms with Gasteiger partial charge in [-0.1, -0.05) is 0 Å². The van der Waals surface area contributed by atoms with Crippen molar-refractivity contribution in [3.8, 4) is 0 Å². The monoisotopic (exact) mass is 101 g/mol. The minimum Gasteiger partial charge on any atom is -0.395 e. The summed E-state index contributed by atoms with van der Waals surface area (Å²) in [6.07, 6.45) is 1.32. The predicted octanol–water partition coefficient (Wildman–Crippen LogP) is -0.316. The highest BCUT2D eigenvalue weighted by atomic mass is 16.3. The third-order valence-electron chi connectivity index (χ3n) is 1.36. The summed E-state index contributed by atoms with van der Waals surface area (Å²) in [6.45, 7) is 3.58. The molecule has 0 spiro atoms. The number of likely N-dealkylation sites (tertiary alicyclic amines) is 1. The van der Waals surface area contributed by atoms with Crippen molar-refractivity contribution in [3.05, 3.63) is 0 Å². The molecule has 1 aliphatic heterocycles. The smallest absolute Gasteiger partial charge is 0.0558 e. The molecule has 1 N–H and O–H groups in total. The highest BCUT2D eigenvalue weighted by molar-refractivity contribution is 4.66. The van der Waals surface area contributed by atoms with Gasteiger partial charge in [-0.05, 0) is 19.5 Å². The van der Waals surface area contributed by atoms with Crippen molar-refractivity contribution in [2.45, 2.75) is 6.42 Å². The third-order valence-corrected chi connectivity index (χ3v) is 1.36. The molecule has 0 aliphatic carbocycles. The van der Waals surface area contributed by atoms with E-state index in [-0.39, 0.29) is 0 Å². The van der Waals surface area contributed by atoms with Gasteiger partial charge in [-0.15, -0.1) is 0 Å². The van der Waals surface area contributed by atoms with Crippen LogP contribution < -0.4 is 0 Å². The molecular weight excluding hydrogens is 90.1 g/mol. The number of aliphatic hydroxyl groups excluding tert-OH is 1. The minimum atomic E-state index is 0.319. The van der Waals surface area contributed by atoms with Gasteiger partial charge in [0.1, 0.15) is 0 Å². The van der Waals surface area contributed by atoms with E-state index in [1.54, 1.807) is 0 Å². The normalized spacial score (nSPS) is 21.9. The molecule has 0 radical (unpaired) electrons. The molecule has 0 unspecified atom stereocenters. The zero-order chi connectivity index (χ0) is 5.11. The van der Waals surface area contributed by atoms with Crippen molar-refractivity contribution in [1.29, 1.82) is 0 Å². The summed E-state index contributed by atoms with van der Waals surface area (Å²) in [5, 5.41) is 8.36. The Morgan fingerprint density at radius 2 is 2.14 bits per heavy atom. The summed E-state index contributed by atoms with van der Waals surface area (Å²) in [5.41, 5.74) is 0. The molecule has 0 bridgehead atoms. The summed E-state index contributed by atoms with van der Waals surface area (Å²) in [4.78, 5) is 2.24. The molecule has 0 aromatic heterocycles. The van der Waals surface area contributed by atoms with Gasteiger partial charge in [0.05, 0.1) is 6.61 Å². The second-order valence-electron chi connectivity index (χ2n) is 1.92. The van der Waals surface area contributed by atoms with Crippen LogP contribution in [0.15, 0.2) is 0 Å². The number of hydrogen-bond acceptors (Lipinski definition) is 2. The van der Waals surface area contributed by atoms with E-state index in [2.05, 4.69) is 4.90 Å². The molecule has 1 rings (SSSR count). The highest BCUT2D eigenvalue weighted by Crippen LogP contribution is 2.02. The van der Waals surface area contributed by atoms with Crippen molar-refractivity contribution in [2.75, 3.05) is 26.2 Å². The van der Waals surface area contributed by atoms with Gasteiger partial charge in [0.15, 0.2) is 0 Å². The van der Waals surface area contributed by atoms with Crippen LogP contribution >= 0.6 is 0 Å². The van der Waals surface area contributed by atoms with Gasteiger partial charge in [0.2, 0.25) is 0 Å². The molecule has 1 saturated heterocycles. The number of hydrogen-bond donors (Lipinski definition) is 1. The molecule has 2 nitrogen and oxygen atoms in total. The zero-order valence-corrected chi connectivity index (χ0v) is 4.43. The molecule has 1 fully saturated rings. The Bertz CT molecular complexity index is 52.0. The van der Waals surface area contributed by atoms with Gasteiger partial charge in [-0.2, -0.15) is 0 Å². The van der Waals surface area contributed by atoms with E-state index in [0.717, 1.165) is 6.54 Å². The average molecular weight is 101 g/mol. The van der Waals surface area contributed by atoms with E-state index in [1.165, 1.54) is 19.5 Å². The first-order chi connectivity index (χ1) is 3.43. The lowest BCUT2D eigenvalue weighted by atomic mass is 10.2. The lowest BCUT2D eigenvalue weighted by Crippen LogP contribution is -2.38. The first kappa shape index (κ1) is 5.06. The molecular formula is C5H11NO. The molecule has 1 aliphatic rings. The number of rotatable bonds is 2. The van der Waals surface area contributed by atoms with E-state index in [1.807, 2.05) is 0 Å². The maximum Gasteiger partial charge on any atom is 0.0558 e. The second kappa shape index (κ2) is 2.28. The van der Waals surface area contributed by atoms with Gasteiger partial charge in [-0.3, -0.25) is 0 Å². The molecule has 42 valence electrons. The van der Waals surface area contributed by atoms with Crippen molar-refractivity contribution < 1.29 is 5.11 Å². The van der Waals surface area contributed by atoms with Crippen LogP contribution in [0.5, 0.6) is 0 Å². The van der Waals surface area contributed by atoms with Crippen LogP contribution in [-0.4, -0.2) is 36.2 Å². The lowest BCUT2D eigenvalue weighted by Gasteiger charge is -2.29. The maximum absolute atomic E-state index is 8.36. The molecule has 7 heavy (non-hydrogen) atoms. The zero-order valence-electron chi connectivity index (χ0n) is 4.43. The van der Waals surface area contributed by atoms with Gasteiger partial charge >= 0.3 is 0 Å². The van der Waals surface area contributed by atoms with Gasteiger partial charge < -0.3 is 10.0 Å². The van der Waals surface area contributed by atoms with Crippen molar-refractivity contribution >= 4 is 0 Å². The first-order valence-electron chi connectivity index (χ1n) is 2.76. The number of β-amino-alcohol motifs (C(OH)–C–C–N with tert-alkyl or cyclic N) is 1. The maximum atomic E-state index is 8.36. The highest BCUT2D eigenvalue weighted by Gasteiger charge is 2.10. The van der Waals surface area contributed by atoms with E-state index in [9.17, 15) is 0 Å². The Labute approximate surface area is 43.7 Å². The summed E-state index contributed by atoms with van der Waals surface area (Å²) in [7, 11) is 0. The van der Waals surface area contributed by atoms with Crippen LogP contribution in [0, 0.1) is 0 Å².